The Bertz CT molecular complexity index is 334. The van der Waals surface area contributed by atoms with Crippen molar-refractivity contribution < 1.29 is 25.2 Å². The molecule has 0 aliphatic rings. The molecular formula is C19H42F6P2. The predicted molar refractivity (Wildman–Crippen MR) is 113 cm³/mol. The van der Waals surface area contributed by atoms with E-state index < -0.39 is 15.1 Å². The fraction of sp³-hybridized carbons (Fsp3) is 1.00. The van der Waals surface area contributed by atoms with E-state index >= 15 is 0 Å². The van der Waals surface area contributed by atoms with Gasteiger partial charge in [0.25, 0.3) is 0 Å². The average molecular weight is 446 g/mol. The van der Waals surface area contributed by atoms with Gasteiger partial charge in [-0.1, -0.05) is 84.0 Å². The van der Waals surface area contributed by atoms with E-state index in [4.69, 9.17) is 0 Å². The van der Waals surface area contributed by atoms with Gasteiger partial charge in [0.2, 0.25) is 0 Å². The first-order valence-electron chi connectivity index (χ1n) is 10.4. The van der Waals surface area contributed by atoms with Crippen molar-refractivity contribution in [3.05, 3.63) is 0 Å². The van der Waals surface area contributed by atoms with Gasteiger partial charge in [0, 0.05) is 27.3 Å². The molecule has 0 aromatic carbocycles. The van der Waals surface area contributed by atoms with Gasteiger partial charge in [0.05, 0.1) is 6.16 Å². The maximum atomic E-state index is 9.87. The van der Waals surface area contributed by atoms with Crippen molar-refractivity contribution in [3.63, 3.8) is 0 Å². The molecule has 0 bridgehead atoms. The minimum atomic E-state index is -10.7. The van der Waals surface area contributed by atoms with E-state index in [2.05, 4.69) is 26.9 Å². The summed E-state index contributed by atoms with van der Waals surface area (Å²) in [5.74, 6) is 0. The summed E-state index contributed by atoms with van der Waals surface area (Å²) in [6.07, 6.45) is 22.1. The van der Waals surface area contributed by atoms with Gasteiger partial charge in [-0.2, -0.15) is 0 Å². The Morgan fingerprint density at radius 2 is 0.704 bits per heavy atom. The van der Waals surface area contributed by atoms with Crippen LogP contribution in [-0.4, -0.2) is 26.2 Å². The zero-order valence-electron chi connectivity index (χ0n) is 17.8. The third kappa shape index (κ3) is 51.9. The van der Waals surface area contributed by atoms with Gasteiger partial charge in [-0.25, -0.2) is 0 Å². The Labute approximate surface area is 163 Å². The molecule has 8 heteroatoms. The summed E-state index contributed by atoms with van der Waals surface area (Å²) in [4.78, 5) is 0. The van der Waals surface area contributed by atoms with Gasteiger partial charge in [0.15, 0.2) is 0 Å². The predicted octanol–water partition coefficient (Wildman–Crippen LogP) is 10.8. The van der Waals surface area contributed by atoms with E-state index in [-0.39, 0.29) is 0 Å². The minimum absolute atomic E-state index is 0.500. The first kappa shape index (κ1) is 29.6. The van der Waals surface area contributed by atoms with Crippen LogP contribution in [0.4, 0.5) is 25.2 Å². The number of unbranched alkanes of at least 4 members (excludes halogenated alkanes) is 13. The van der Waals surface area contributed by atoms with Crippen molar-refractivity contribution in [1.29, 1.82) is 0 Å². The zero-order chi connectivity index (χ0) is 21.5. The number of halogens is 6. The molecule has 0 N–H and O–H groups in total. The van der Waals surface area contributed by atoms with Gasteiger partial charge in [0.1, 0.15) is 0 Å². The summed E-state index contributed by atoms with van der Waals surface area (Å²) in [6.45, 7) is 9.70. The van der Waals surface area contributed by atoms with Gasteiger partial charge >= 0.3 is 33.0 Å². The number of rotatable bonds is 15. The van der Waals surface area contributed by atoms with Crippen LogP contribution in [0, 0.1) is 0 Å². The summed E-state index contributed by atoms with van der Waals surface area (Å²) in [7, 11) is -11.2. The van der Waals surface area contributed by atoms with Crippen LogP contribution >= 0.6 is 15.1 Å². The number of hydrogen-bond donors (Lipinski definition) is 0. The van der Waals surface area contributed by atoms with Crippen molar-refractivity contribution in [2.75, 3.05) is 26.2 Å². The molecule has 0 aliphatic heterocycles. The van der Waals surface area contributed by atoms with Gasteiger partial charge < -0.3 is 0 Å². The van der Waals surface area contributed by atoms with Crippen LogP contribution in [0.1, 0.15) is 96.8 Å². The summed E-state index contributed by atoms with van der Waals surface area (Å²) >= 11 is 0. The Morgan fingerprint density at radius 1 is 0.481 bits per heavy atom. The molecule has 0 aliphatic carbocycles. The van der Waals surface area contributed by atoms with E-state index in [9.17, 15) is 25.2 Å². The maximum absolute atomic E-state index is 10.7. The molecule has 0 atom stereocenters. The van der Waals surface area contributed by atoms with Crippen LogP contribution in [0.2, 0.25) is 0 Å². The Hall–Kier alpha value is 0.440. The average Bonchev–Trinajstić information content (AvgIpc) is 2.43. The zero-order valence-corrected chi connectivity index (χ0v) is 19.6. The molecule has 0 nitrogen and oxygen atoms in total. The Balaban J connectivity index is 0. The molecule has 0 heterocycles. The van der Waals surface area contributed by atoms with Crippen molar-refractivity contribution in [3.8, 4) is 0 Å². The second kappa shape index (κ2) is 12.9. The fourth-order valence-electron chi connectivity index (χ4n) is 2.78. The normalized spacial score (nSPS) is 14.9. The molecule has 0 rings (SSSR count). The molecular weight excluding hydrogens is 404 g/mol. The van der Waals surface area contributed by atoms with E-state index in [1.165, 1.54) is 96.1 Å². The van der Waals surface area contributed by atoms with Crippen LogP contribution < -0.4 is 0 Å². The molecule has 0 aromatic rings. The van der Waals surface area contributed by atoms with Crippen LogP contribution in [0.3, 0.4) is 0 Å². The second-order valence-electron chi connectivity index (χ2n) is 8.57. The Kier molecular flexibility index (Phi) is 14.1. The molecule has 0 unspecified atom stereocenters. The van der Waals surface area contributed by atoms with Crippen LogP contribution in [-0.2, 0) is 0 Å². The summed E-state index contributed by atoms with van der Waals surface area (Å²) in [5.41, 5.74) is 0. The third-order valence-corrected chi connectivity index (χ3v) is 5.84. The number of hydrogen-bond acceptors (Lipinski definition) is 0. The molecule has 170 valence electrons. The van der Waals surface area contributed by atoms with E-state index in [1.807, 2.05) is 0 Å². The molecule has 0 saturated carbocycles. The van der Waals surface area contributed by atoms with E-state index in [1.54, 1.807) is 0 Å². The van der Waals surface area contributed by atoms with Crippen LogP contribution in [0.15, 0.2) is 0 Å². The SMILES string of the molecule is CCCCCCCCCCCCCCCC[P+](C)(C)C.F[P-](F)(F)(F)(F)F. The van der Waals surface area contributed by atoms with Crippen molar-refractivity contribution in [2.24, 2.45) is 0 Å². The van der Waals surface area contributed by atoms with Crippen LogP contribution in [0.5, 0.6) is 0 Å². The topological polar surface area (TPSA) is 0 Å². The first-order chi connectivity index (χ1) is 12.0. The summed E-state index contributed by atoms with van der Waals surface area (Å²) in [5, 5.41) is 0. The monoisotopic (exact) mass is 446 g/mol. The first-order valence-corrected chi connectivity index (χ1v) is 15.7. The van der Waals surface area contributed by atoms with E-state index in [0.717, 1.165) is 0 Å². The van der Waals surface area contributed by atoms with E-state index in [0.29, 0.717) is 0 Å². The third-order valence-electron chi connectivity index (χ3n) is 4.18. The fourth-order valence-corrected chi connectivity index (χ4v) is 3.95. The van der Waals surface area contributed by atoms with Gasteiger partial charge in [-0.3, -0.25) is 0 Å². The summed E-state index contributed by atoms with van der Waals surface area (Å²) < 4.78 is 59.2. The molecule has 0 aromatic heterocycles. The molecule has 27 heavy (non-hydrogen) atoms. The van der Waals surface area contributed by atoms with Crippen LogP contribution in [0.25, 0.3) is 0 Å². The molecule has 0 saturated heterocycles. The standard InChI is InChI=1S/C19H42P.F6P/c1-5-6-7-8-9-10-11-12-13-14-15-16-17-18-19-20(2,3)4;1-7(2,3,4,5)6/h5-19H2,1-4H3;/q+1;-1. The molecule has 0 amide bonds. The van der Waals surface area contributed by atoms with Crippen molar-refractivity contribution >= 4 is 15.1 Å². The molecule has 0 fully saturated rings. The quantitative estimate of drug-likeness (QED) is 0.133. The Morgan fingerprint density at radius 3 is 0.926 bits per heavy atom. The van der Waals surface area contributed by atoms with Gasteiger partial charge in [-0.15, -0.1) is 0 Å². The molecule has 0 spiro atoms. The van der Waals surface area contributed by atoms with Gasteiger partial charge in [-0.05, 0) is 12.8 Å². The second-order valence-corrected chi connectivity index (χ2v) is 15.5. The van der Waals surface area contributed by atoms with Crippen molar-refractivity contribution in [2.45, 2.75) is 96.8 Å². The van der Waals surface area contributed by atoms with Crippen molar-refractivity contribution in [1.82, 2.24) is 0 Å². The molecule has 0 radical (unpaired) electrons. The summed E-state index contributed by atoms with van der Waals surface area (Å²) in [6, 6.07) is 0.